The summed E-state index contributed by atoms with van der Waals surface area (Å²) < 4.78 is 61.6. The van der Waals surface area contributed by atoms with E-state index in [9.17, 15) is 21.6 Å². The van der Waals surface area contributed by atoms with Gasteiger partial charge in [0.25, 0.3) is 20.0 Å². The minimum atomic E-state index is -4.10. The van der Waals surface area contributed by atoms with Crippen LogP contribution in [0.3, 0.4) is 0 Å². The van der Waals surface area contributed by atoms with Crippen LogP contribution in [0.4, 0.5) is 17.1 Å². The van der Waals surface area contributed by atoms with Crippen LogP contribution in [0.25, 0.3) is 0 Å². The summed E-state index contributed by atoms with van der Waals surface area (Å²) in [6.07, 6.45) is 0. The number of ether oxygens (including phenoxy) is 1. The van der Waals surface area contributed by atoms with Crippen LogP contribution in [-0.4, -0.2) is 36.4 Å². The van der Waals surface area contributed by atoms with Crippen molar-refractivity contribution in [3.05, 3.63) is 108 Å². The van der Waals surface area contributed by atoms with Gasteiger partial charge in [0, 0.05) is 5.69 Å². The summed E-state index contributed by atoms with van der Waals surface area (Å²) in [4.78, 5) is 13.0. The number of aryl methyl sites for hydroxylation is 2. The zero-order chi connectivity index (χ0) is 28.9. The first-order chi connectivity index (χ1) is 19.0. The van der Waals surface area contributed by atoms with Gasteiger partial charge in [0.1, 0.15) is 12.3 Å². The van der Waals surface area contributed by atoms with Gasteiger partial charge >= 0.3 is 0 Å². The molecule has 0 aliphatic heterocycles. The maximum atomic E-state index is 13.5. The number of para-hydroxylation sites is 2. The lowest BCUT2D eigenvalue weighted by molar-refractivity contribution is -0.114. The number of anilines is 3. The Morgan fingerprint density at radius 3 is 1.90 bits per heavy atom. The number of carbonyl (C=O) groups excluding carboxylic acids is 1. The Hall–Kier alpha value is -4.35. The van der Waals surface area contributed by atoms with E-state index in [0.29, 0.717) is 22.8 Å². The second kappa shape index (κ2) is 11.8. The van der Waals surface area contributed by atoms with Crippen LogP contribution < -0.4 is 19.1 Å². The van der Waals surface area contributed by atoms with Crippen molar-refractivity contribution in [2.24, 2.45) is 0 Å². The van der Waals surface area contributed by atoms with Gasteiger partial charge in [-0.15, -0.1) is 0 Å². The second-order valence-electron chi connectivity index (χ2n) is 8.97. The number of hydrogen-bond acceptors (Lipinski definition) is 6. The molecule has 0 unspecified atom stereocenters. The van der Waals surface area contributed by atoms with Gasteiger partial charge < -0.3 is 10.1 Å². The van der Waals surface area contributed by atoms with E-state index >= 15 is 0 Å². The summed E-state index contributed by atoms with van der Waals surface area (Å²) in [6.45, 7) is 3.13. The van der Waals surface area contributed by atoms with Gasteiger partial charge in [0.2, 0.25) is 5.91 Å². The van der Waals surface area contributed by atoms with E-state index in [1.807, 2.05) is 32.0 Å². The molecular weight excluding hydrogens is 550 g/mol. The largest absolute Gasteiger partial charge is 0.497 e. The maximum Gasteiger partial charge on any atom is 0.264 e. The number of nitrogens with one attached hydrogen (secondary N) is 2. The number of benzene rings is 4. The molecule has 0 saturated carbocycles. The Balaban J connectivity index is 1.52. The molecular formula is C29H29N3O6S2. The highest BCUT2D eigenvalue weighted by molar-refractivity contribution is 7.93. The third-order valence-electron chi connectivity index (χ3n) is 6.14. The van der Waals surface area contributed by atoms with Crippen molar-refractivity contribution >= 4 is 43.0 Å². The molecule has 2 N–H and O–H groups in total. The molecule has 0 heterocycles. The predicted octanol–water partition coefficient (Wildman–Crippen LogP) is 4.95. The molecule has 0 aliphatic rings. The van der Waals surface area contributed by atoms with E-state index in [1.165, 1.54) is 55.6 Å². The van der Waals surface area contributed by atoms with Crippen LogP contribution in [0, 0.1) is 13.8 Å². The zero-order valence-corrected chi connectivity index (χ0v) is 23.8. The highest BCUT2D eigenvalue weighted by Gasteiger charge is 2.27. The van der Waals surface area contributed by atoms with E-state index in [0.717, 1.165) is 15.4 Å². The first-order valence-corrected chi connectivity index (χ1v) is 15.1. The van der Waals surface area contributed by atoms with Crippen molar-refractivity contribution in [3.63, 3.8) is 0 Å². The molecule has 0 bridgehead atoms. The smallest absolute Gasteiger partial charge is 0.264 e. The Kier molecular flexibility index (Phi) is 8.46. The van der Waals surface area contributed by atoms with E-state index < -0.39 is 32.5 Å². The van der Waals surface area contributed by atoms with Crippen molar-refractivity contribution < 1.29 is 26.4 Å². The first-order valence-electron chi connectivity index (χ1n) is 12.2. The summed E-state index contributed by atoms with van der Waals surface area (Å²) in [5.41, 5.74) is 2.72. The van der Waals surface area contributed by atoms with Crippen LogP contribution >= 0.6 is 0 Å². The molecule has 0 saturated heterocycles. The topological polar surface area (TPSA) is 122 Å². The molecule has 4 aromatic rings. The monoisotopic (exact) mass is 579 g/mol. The van der Waals surface area contributed by atoms with Gasteiger partial charge in [-0.3, -0.25) is 13.8 Å². The minimum Gasteiger partial charge on any atom is -0.497 e. The molecule has 9 nitrogen and oxygen atoms in total. The summed E-state index contributed by atoms with van der Waals surface area (Å²) in [5, 5.41) is 2.65. The highest BCUT2D eigenvalue weighted by atomic mass is 32.2. The summed E-state index contributed by atoms with van der Waals surface area (Å²) >= 11 is 0. The van der Waals surface area contributed by atoms with E-state index in [-0.39, 0.29) is 9.79 Å². The predicted molar refractivity (Wildman–Crippen MR) is 156 cm³/mol. The van der Waals surface area contributed by atoms with Crippen LogP contribution in [0.5, 0.6) is 5.75 Å². The van der Waals surface area contributed by atoms with Crippen LogP contribution in [0.15, 0.2) is 107 Å². The number of carbonyl (C=O) groups is 1. The second-order valence-corrected chi connectivity index (χ2v) is 12.5. The molecule has 40 heavy (non-hydrogen) atoms. The zero-order valence-electron chi connectivity index (χ0n) is 22.2. The summed E-state index contributed by atoms with van der Waals surface area (Å²) in [5.74, 6) is -0.108. The molecule has 4 rings (SSSR count). The lowest BCUT2D eigenvalue weighted by Crippen LogP contribution is -2.38. The molecule has 0 spiro atoms. The van der Waals surface area contributed by atoms with Gasteiger partial charge in [-0.1, -0.05) is 36.4 Å². The first kappa shape index (κ1) is 28.7. The van der Waals surface area contributed by atoms with E-state index in [2.05, 4.69) is 10.0 Å². The SMILES string of the molecule is COc1ccc(S(=O)(=O)N(CC(=O)Nc2ccc(S(=O)(=O)Nc3c(C)cccc3C)cc2)c2ccccc2)cc1. The fourth-order valence-corrected chi connectivity index (χ4v) is 6.63. The number of amides is 1. The fraction of sp³-hybridized carbons (Fsp3) is 0.138. The summed E-state index contributed by atoms with van der Waals surface area (Å²) in [7, 11) is -6.49. The highest BCUT2D eigenvalue weighted by Crippen LogP contribution is 2.26. The van der Waals surface area contributed by atoms with Gasteiger partial charge in [-0.05, 0) is 85.6 Å². The Morgan fingerprint density at radius 2 is 1.32 bits per heavy atom. The van der Waals surface area contributed by atoms with Crippen molar-refractivity contribution in [1.29, 1.82) is 0 Å². The molecule has 208 valence electrons. The number of methoxy groups -OCH3 is 1. The number of sulfonamides is 2. The third-order valence-corrected chi connectivity index (χ3v) is 9.30. The van der Waals surface area contributed by atoms with Gasteiger partial charge in [0.05, 0.1) is 28.3 Å². The van der Waals surface area contributed by atoms with Crippen LogP contribution in [0.1, 0.15) is 11.1 Å². The molecule has 1 amide bonds. The van der Waals surface area contributed by atoms with E-state index in [4.69, 9.17) is 4.74 Å². The molecule has 4 aromatic carbocycles. The summed E-state index contributed by atoms with van der Waals surface area (Å²) in [6, 6.07) is 25.3. The molecule has 0 aliphatic carbocycles. The van der Waals surface area contributed by atoms with Crippen molar-refractivity contribution in [1.82, 2.24) is 0 Å². The average molecular weight is 580 g/mol. The van der Waals surface area contributed by atoms with Crippen LogP contribution in [-0.2, 0) is 24.8 Å². The number of rotatable bonds is 10. The molecule has 0 atom stereocenters. The molecule has 0 aromatic heterocycles. The number of nitrogens with zero attached hydrogens (tertiary/aromatic N) is 1. The third kappa shape index (κ3) is 6.44. The van der Waals surface area contributed by atoms with Gasteiger partial charge in [-0.2, -0.15) is 0 Å². The van der Waals surface area contributed by atoms with Gasteiger partial charge in [-0.25, -0.2) is 16.8 Å². The van der Waals surface area contributed by atoms with Crippen molar-refractivity contribution in [2.45, 2.75) is 23.6 Å². The van der Waals surface area contributed by atoms with Crippen molar-refractivity contribution in [3.8, 4) is 5.75 Å². The Morgan fingerprint density at radius 1 is 0.750 bits per heavy atom. The van der Waals surface area contributed by atoms with Crippen molar-refractivity contribution in [2.75, 3.05) is 28.0 Å². The molecule has 0 fully saturated rings. The normalized spacial score (nSPS) is 11.5. The Labute approximate surface area is 234 Å². The average Bonchev–Trinajstić information content (AvgIpc) is 2.94. The minimum absolute atomic E-state index is 0.00379. The quantitative estimate of drug-likeness (QED) is 0.274. The standard InChI is InChI=1S/C29H29N3O6S2/c1-21-8-7-9-22(2)29(21)31-39(34,35)26-16-12-23(13-17-26)30-28(33)20-32(24-10-5-4-6-11-24)40(36,37)27-18-14-25(38-3)15-19-27/h4-19,31H,20H2,1-3H3,(H,30,33). The fourth-order valence-electron chi connectivity index (χ4n) is 4.00. The lowest BCUT2D eigenvalue weighted by Gasteiger charge is -2.24. The number of hydrogen-bond donors (Lipinski definition) is 2. The maximum absolute atomic E-state index is 13.5. The molecule has 11 heteroatoms. The van der Waals surface area contributed by atoms with E-state index in [1.54, 1.807) is 30.3 Å². The van der Waals surface area contributed by atoms with Crippen LogP contribution in [0.2, 0.25) is 0 Å². The Bertz CT molecular complexity index is 1690. The van der Waals surface area contributed by atoms with Gasteiger partial charge in [0.15, 0.2) is 0 Å². The molecule has 0 radical (unpaired) electrons. The lowest BCUT2D eigenvalue weighted by atomic mass is 10.1.